The second-order valence-electron chi connectivity index (χ2n) is 11.1. The minimum Gasteiger partial charge on any atom is -0.491 e. The quantitative estimate of drug-likeness (QED) is 0.307. The number of nitrogens with zero attached hydrogens (tertiary/aromatic N) is 5. The van der Waals surface area contributed by atoms with Gasteiger partial charge in [0.1, 0.15) is 11.6 Å². The van der Waals surface area contributed by atoms with E-state index in [4.69, 9.17) is 10.5 Å². The Morgan fingerprint density at radius 3 is 2.64 bits per heavy atom. The molecule has 0 spiro atoms. The average molecular weight is 570 g/mol. The Morgan fingerprint density at radius 1 is 1.05 bits per heavy atom. The highest BCUT2D eigenvalue weighted by atomic mass is 16.5. The third-order valence-electron chi connectivity index (χ3n) is 8.48. The van der Waals surface area contributed by atoms with Gasteiger partial charge < -0.3 is 20.4 Å². The molecule has 220 valence electrons. The minimum atomic E-state index is -0.549. The maximum Gasteiger partial charge on any atom is 0.320 e. The highest BCUT2D eigenvalue weighted by molar-refractivity contribution is 5.97. The molecule has 0 aliphatic carbocycles. The number of nitrogens with two attached hydrogens (primary N) is 1. The van der Waals surface area contributed by atoms with Crippen molar-refractivity contribution in [3.05, 3.63) is 76.3 Å². The van der Waals surface area contributed by atoms with Crippen LogP contribution in [0.4, 0.5) is 16.3 Å². The van der Waals surface area contributed by atoms with Crippen LogP contribution in [-0.2, 0) is 6.42 Å². The summed E-state index contributed by atoms with van der Waals surface area (Å²) in [7, 11) is 0. The van der Waals surface area contributed by atoms with E-state index in [2.05, 4.69) is 38.0 Å². The van der Waals surface area contributed by atoms with Crippen LogP contribution in [0.1, 0.15) is 36.8 Å². The Kier molecular flexibility index (Phi) is 8.14. The van der Waals surface area contributed by atoms with Crippen LogP contribution in [0.3, 0.4) is 0 Å². The first kappa shape index (κ1) is 27.8. The number of aromatic nitrogens is 3. The van der Waals surface area contributed by atoms with Crippen LogP contribution < -0.4 is 25.8 Å². The van der Waals surface area contributed by atoms with Crippen LogP contribution in [0, 0.1) is 6.92 Å². The number of carbonyl (C=O) groups is 1. The fourth-order valence-electron chi connectivity index (χ4n) is 6.34. The molecule has 10 nitrogen and oxygen atoms in total. The van der Waals surface area contributed by atoms with Crippen molar-refractivity contribution in [1.29, 1.82) is 0 Å². The third-order valence-corrected chi connectivity index (χ3v) is 8.48. The molecule has 2 aromatic carbocycles. The molecule has 2 aromatic heterocycles. The van der Waals surface area contributed by atoms with Gasteiger partial charge in [0.15, 0.2) is 5.65 Å². The number of anilines is 2. The molecule has 2 aliphatic rings. The van der Waals surface area contributed by atoms with Gasteiger partial charge in [-0.15, -0.1) is 0 Å². The summed E-state index contributed by atoms with van der Waals surface area (Å²) < 4.78 is 8.02. The number of urea groups is 1. The van der Waals surface area contributed by atoms with Gasteiger partial charge in [0.05, 0.1) is 24.0 Å². The first-order valence-corrected chi connectivity index (χ1v) is 15.0. The third kappa shape index (κ3) is 5.46. The van der Waals surface area contributed by atoms with Crippen molar-refractivity contribution in [2.75, 3.05) is 55.7 Å². The predicted octanol–water partition coefficient (Wildman–Crippen LogP) is 4.22. The van der Waals surface area contributed by atoms with E-state index in [9.17, 15) is 9.59 Å². The van der Waals surface area contributed by atoms with Crippen molar-refractivity contribution in [3.8, 4) is 11.4 Å². The number of aromatic amines is 1. The molecule has 3 N–H and O–H groups in total. The van der Waals surface area contributed by atoms with Crippen LogP contribution in [0.25, 0.3) is 16.7 Å². The molecule has 0 saturated carbocycles. The van der Waals surface area contributed by atoms with E-state index >= 15 is 0 Å². The number of rotatable bonds is 8. The highest BCUT2D eigenvalue weighted by Crippen LogP contribution is 2.36. The molecule has 0 atom stereocenters. The van der Waals surface area contributed by atoms with Gasteiger partial charge in [0.25, 0.3) is 5.56 Å². The summed E-state index contributed by atoms with van der Waals surface area (Å²) >= 11 is 0. The van der Waals surface area contributed by atoms with Crippen molar-refractivity contribution in [2.45, 2.75) is 39.0 Å². The number of amides is 2. The lowest BCUT2D eigenvalue weighted by molar-refractivity contribution is 0.248. The number of carbonyl (C=O) groups excluding carboxylic acids is 1. The van der Waals surface area contributed by atoms with E-state index in [1.54, 1.807) is 4.90 Å². The summed E-state index contributed by atoms with van der Waals surface area (Å²) in [6.45, 7) is 7.94. The average Bonchev–Trinajstić information content (AvgIpc) is 3.13. The molecule has 0 radical (unpaired) electrons. The predicted molar refractivity (Wildman–Crippen MR) is 166 cm³/mol. The van der Waals surface area contributed by atoms with E-state index in [0.717, 1.165) is 76.5 Å². The molecule has 6 rings (SSSR count). The molecule has 2 aliphatic heterocycles. The van der Waals surface area contributed by atoms with Crippen LogP contribution in [-0.4, -0.2) is 71.3 Å². The van der Waals surface area contributed by atoms with Crippen molar-refractivity contribution in [1.82, 2.24) is 19.4 Å². The second-order valence-corrected chi connectivity index (χ2v) is 11.1. The number of hydrogen-bond acceptors (Lipinski definition) is 6. The zero-order valence-electron chi connectivity index (χ0n) is 24.2. The fraction of sp³-hybridized carbons (Fsp3) is 0.406. The van der Waals surface area contributed by atoms with Crippen LogP contribution >= 0.6 is 0 Å². The van der Waals surface area contributed by atoms with Crippen molar-refractivity contribution < 1.29 is 9.53 Å². The Labute approximate surface area is 245 Å². The number of hydrogen-bond donors (Lipinski definition) is 2. The van der Waals surface area contributed by atoms with Crippen LogP contribution in [0.2, 0.25) is 0 Å². The Morgan fingerprint density at radius 2 is 1.86 bits per heavy atom. The molecular formula is C32H39N7O3. The standard InChI is InChI=1S/C32H39N7O3/c1-23-27-29(34-22-35-30(27)40)39(25-12-3-2-4-13-25)31(23)38(32(33)41)16-7-6-15-36-17-19-37(20-18-36)26-14-9-11-24-10-5-8-21-42-28(24)26/h2-4,9,11-14,22H,5-8,10,15-21H2,1H3,(H2,33,41)(H,34,35,40). The molecule has 10 heteroatoms. The first-order valence-electron chi connectivity index (χ1n) is 15.0. The number of ether oxygens (including phenoxy) is 1. The summed E-state index contributed by atoms with van der Waals surface area (Å²) in [5.74, 6) is 1.67. The molecule has 2 amide bonds. The normalized spacial score (nSPS) is 15.7. The number of benzene rings is 2. The van der Waals surface area contributed by atoms with Gasteiger partial charge in [-0.05, 0) is 69.3 Å². The van der Waals surface area contributed by atoms with Gasteiger partial charge in [-0.25, -0.2) is 9.78 Å². The van der Waals surface area contributed by atoms with Crippen molar-refractivity contribution in [2.24, 2.45) is 5.73 Å². The number of H-pyrrole nitrogens is 1. The zero-order valence-corrected chi connectivity index (χ0v) is 24.2. The maximum atomic E-state index is 12.8. The van der Waals surface area contributed by atoms with Crippen LogP contribution in [0.5, 0.6) is 5.75 Å². The molecular weight excluding hydrogens is 530 g/mol. The largest absolute Gasteiger partial charge is 0.491 e. The van der Waals surface area contributed by atoms with E-state index in [-0.39, 0.29) is 5.56 Å². The Hall–Kier alpha value is -4.31. The lowest BCUT2D eigenvalue weighted by atomic mass is 10.1. The summed E-state index contributed by atoms with van der Waals surface area (Å²) in [6.07, 6.45) is 6.48. The van der Waals surface area contributed by atoms with Gasteiger partial charge in [0, 0.05) is 44.0 Å². The molecule has 1 fully saturated rings. The topological polar surface area (TPSA) is 113 Å². The SMILES string of the molecule is Cc1c(N(CCCCN2CCN(c3cccc4c3OCCCC4)CC2)C(N)=O)n(-c2ccccc2)c2nc[nH]c(=O)c12. The Bertz CT molecular complexity index is 1610. The number of fused-ring (bicyclic) bond motifs is 2. The van der Waals surface area contributed by atoms with Gasteiger partial charge in [-0.1, -0.05) is 30.3 Å². The fourth-order valence-corrected chi connectivity index (χ4v) is 6.34. The number of unbranched alkanes of at least 4 members (excludes halogenated alkanes) is 1. The molecule has 4 aromatic rings. The summed E-state index contributed by atoms with van der Waals surface area (Å²) in [5.41, 5.74) is 10.2. The van der Waals surface area contributed by atoms with Crippen molar-refractivity contribution in [3.63, 3.8) is 0 Å². The smallest absolute Gasteiger partial charge is 0.320 e. The molecule has 0 bridgehead atoms. The minimum absolute atomic E-state index is 0.241. The summed E-state index contributed by atoms with van der Waals surface area (Å²) in [6, 6.07) is 15.6. The number of piperazine rings is 1. The zero-order chi connectivity index (χ0) is 29.1. The molecule has 42 heavy (non-hydrogen) atoms. The maximum absolute atomic E-state index is 12.8. The number of primary amides is 1. The van der Waals surface area contributed by atoms with E-state index < -0.39 is 6.03 Å². The van der Waals surface area contributed by atoms with Crippen LogP contribution in [0.15, 0.2) is 59.7 Å². The molecule has 0 unspecified atom stereocenters. The second kappa shape index (κ2) is 12.3. The van der Waals surface area contributed by atoms with E-state index in [0.29, 0.717) is 29.0 Å². The van der Waals surface area contributed by atoms with Gasteiger partial charge in [0.2, 0.25) is 0 Å². The number of para-hydroxylation sites is 2. The first-order chi connectivity index (χ1) is 20.5. The summed E-state index contributed by atoms with van der Waals surface area (Å²) in [4.78, 5) is 39.2. The van der Waals surface area contributed by atoms with Gasteiger partial charge in [-0.2, -0.15) is 0 Å². The summed E-state index contributed by atoms with van der Waals surface area (Å²) in [5, 5.41) is 0.459. The van der Waals surface area contributed by atoms with E-state index in [1.807, 2.05) is 41.8 Å². The number of aryl methyl sites for hydroxylation is 2. The van der Waals surface area contributed by atoms with Gasteiger partial charge >= 0.3 is 6.03 Å². The van der Waals surface area contributed by atoms with Crippen molar-refractivity contribution >= 4 is 28.6 Å². The highest BCUT2D eigenvalue weighted by Gasteiger charge is 2.27. The molecule has 1 saturated heterocycles. The van der Waals surface area contributed by atoms with E-state index in [1.165, 1.54) is 24.0 Å². The molecule has 4 heterocycles. The van der Waals surface area contributed by atoms with Gasteiger partial charge in [-0.3, -0.25) is 19.2 Å². The number of nitrogens with one attached hydrogen (secondary N) is 1. The monoisotopic (exact) mass is 569 g/mol. The lowest BCUT2D eigenvalue weighted by Crippen LogP contribution is -2.47. The lowest BCUT2D eigenvalue weighted by Gasteiger charge is -2.37. The Balaban J connectivity index is 1.11.